The summed E-state index contributed by atoms with van der Waals surface area (Å²) in [5.41, 5.74) is -0.0198. The number of aromatic nitrogens is 1. The maximum atomic E-state index is 13.7. The van der Waals surface area contributed by atoms with Gasteiger partial charge in [0.15, 0.2) is 0 Å². The number of rotatable bonds is 5. The summed E-state index contributed by atoms with van der Waals surface area (Å²) in [4.78, 5) is 18.5. The smallest absolute Gasteiger partial charge is 0.253 e. The zero-order valence-corrected chi connectivity index (χ0v) is 22.8. The van der Waals surface area contributed by atoms with Crippen molar-refractivity contribution in [3.8, 4) is 17.6 Å². The van der Waals surface area contributed by atoms with E-state index in [1.54, 1.807) is 55.5 Å². The van der Waals surface area contributed by atoms with Crippen molar-refractivity contribution in [3.05, 3.63) is 53.9 Å². The van der Waals surface area contributed by atoms with E-state index in [0.717, 1.165) is 12.8 Å². The lowest BCUT2D eigenvalue weighted by Crippen LogP contribution is -2.50. The maximum Gasteiger partial charge on any atom is 0.253 e. The Kier molecular flexibility index (Phi) is 8.43. The number of pyridine rings is 1. The number of hydrogen-bond acceptors (Lipinski definition) is 7. The van der Waals surface area contributed by atoms with Gasteiger partial charge in [0.25, 0.3) is 5.91 Å². The van der Waals surface area contributed by atoms with Gasteiger partial charge in [-0.1, -0.05) is 18.8 Å². The first kappa shape index (κ1) is 28.0. The first-order valence-corrected chi connectivity index (χ1v) is 14.3. The Labute approximate surface area is 224 Å². The molecule has 3 atom stereocenters. The van der Waals surface area contributed by atoms with Crippen LogP contribution in [-0.2, 0) is 10.0 Å². The standard InChI is InChI=1S/C28H35N3O6S/c1-20-17-31(21(2)19-32)38(35,36)26-7-6-22(8-13-28(34)11-4-5-12-28)16-24(26)37-25(20)18-30(3)27(33)23-9-14-29-15-10-23/h6-7,9-10,14-16,20-21,25,32,34H,4-5,11-12,17-19H2,1-3H3/t20-,21+,25+/m1/s1. The van der Waals surface area contributed by atoms with Crippen molar-refractivity contribution in [2.24, 2.45) is 5.92 Å². The van der Waals surface area contributed by atoms with Crippen molar-refractivity contribution in [1.82, 2.24) is 14.2 Å². The SMILES string of the molecule is C[C@@H]1CN([C@@H](C)CO)S(=O)(=O)c2ccc(C#CC3(O)CCCC3)cc2O[C@H]1CN(C)C(=O)c1ccncc1. The van der Waals surface area contributed by atoms with Crippen molar-refractivity contribution < 1.29 is 28.2 Å². The van der Waals surface area contributed by atoms with Crippen LogP contribution in [-0.4, -0.2) is 83.2 Å². The van der Waals surface area contributed by atoms with E-state index < -0.39 is 27.8 Å². The number of ether oxygens (including phenoxy) is 1. The summed E-state index contributed by atoms with van der Waals surface area (Å²) in [6, 6.07) is 7.26. The van der Waals surface area contributed by atoms with Gasteiger partial charge in [-0.2, -0.15) is 4.31 Å². The molecule has 0 saturated heterocycles. The van der Waals surface area contributed by atoms with Gasteiger partial charge in [0.05, 0.1) is 13.2 Å². The van der Waals surface area contributed by atoms with E-state index in [2.05, 4.69) is 16.8 Å². The van der Waals surface area contributed by atoms with Crippen LogP contribution in [0.2, 0.25) is 0 Å². The first-order valence-electron chi connectivity index (χ1n) is 12.9. The van der Waals surface area contributed by atoms with Crippen LogP contribution in [0.15, 0.2) is 47.6 Å². The zero-order valence-electron chi connectivity index (χ0n) is 22.0. The van der Waals surface area contributed by atoms with Gasteiger partial charge in [-0.15, -0.1) is 0 Å². The average molecular weight is 542 g/mol. The van der Waals surface area contributed by atoms with Crippen LogP contribution in [0.5, 0.6) is 5.75 Å². The van der Waals surface area contributed by atoms with E-state index in [1.807, 2.05) is 6.92 Å². The number of likely N-dealkylation sites (N-methyl/N-ethyl adjacent to an activating group) is 1. The van der Waals surface area contributed by atoms with E-state index in [9.17, 15) is 23.4 Å². The molecule has 0 unspecified atom stereocenters. The van der Waals surface area contributed by atoms with Gasteiger partial charge in [-0.05, 0) is 62.9 Å². The maximum absolute atomic E-state index is 13.7. The van der Waals surface area contributed by atoms with Crippen molar-refractivity contribution in [2.45, 2.75) is 62.2 Å². The highest BCUT2D eigenvalue weighted by Gasteiger charge is 2.38. The molecule has 1 aromatic carbocycles. The number of nitrogens with zero attached hydrogens (tertiary/aromatic N) is 3. The van der Waals surface area contributed by atoms with Crippen molar-refractivity contribution >= 4 is 15.9 Å². The van der Waals surface area contributed by atoms with E-state index in [4.69, 9.17) is 4.74 Å². The summed E-state index contributed by atoms with van der Waals surface area (Å²) in [5.74, 6) is 5.56. The molecule has 2 N–H and O–H groups in total. The number of aliphatic hydroxyl groups excluding tert-OH is 1. The predicted octanol–water partition coefficient (Wildman–Crippen LogP) is 2.28. The molecule has 0 radical (unpaired) electrons. The average Bonchev–Trinajstić information content (AvgIpc) is 3.35. The molecule has 0 bridgehead atoms. The normalized spacial score (nSPS) is 23.1. The van der Waals surface area contributed by atoms with Crippen LogP contribution < -0.4 is 4.74 Å². The van der Waals surface area contributed by atoms with E-state index in [0.29, 0.717) is 24.0 Å². The molecule has 9 nitrogen and oxygen atoms in total. The molecular formula is C28H35N3O6S. The van der Waals surface area contributed by atoms with Gasteiger partial charge in [0.1, 0.15) is 22.4 Å². The second-order valence-electron chi connectivity index (χ2n) is 10.3. The van der Waals surface area contributed by atoms with Gasteiger partial charge in [-0.3, -0.25) is 9.78 Å². The zero-order chi connectivity index (χ0) is 27.5. The van der Waals surface area contributed by atoms with E-state index in [1.165, 1.54) is 10.4 Å². The molecule has 1 saturated carbocycles. The Morgan fingerprint density at radius 3 is 2.61 bits per heavy atom. The number of sulfonamides is 1. The molecule has 0 spiro atoms. The number of fused-ring (bicyclic) bond motifs is 1. The predicted molar refractivity (Wildman–Crippen MR) is 142 cm³/mol. The molecule has 1 aliphatic heterocycles. The lowest BCUT2D eigenvalue weighted by Gasteiger charge is -2.37. The lowest BCUT2D eigenvalue weighted by molar-refractivity contribution is 0.0563. The molecule has 2 aliphatic rings. The summed E-state index contributed by atoms with van der Waals surface area (Å²) in [6.07, 6.45) is 5.62. The second kappa shape index (κ2) is 11.4. The quantitative estimate of drug-likeness (QED) is 0.557. The highest BCUT2D eigenvalue weighted by Crippen LogP contribution is 2.34. The van der Waals surface area contributed by atoms with Gasteiger partial charge in [0, 0.05) is 49.1 Å². The highest BCUT2D eigenvalue weighted by molar-refractivity contribution is 7.89. The molecule has 204 valence electrons. The molecule has 38 heavy (non-hydrogen) atoms. The second-order valence-corrected chi connectivity index (χ2v) is 12.2. The van der Waals surface area contributed by atoms with Gasteiger partial charge in [0.2, 0.25) is 10.0 Å². The molecule has 1 amide bonds. The molecule has 1 fully saturated rings. The fourth-order valence-electron chi connectivity index (χ4n) is 4.86. The minimum absolute atomic E-state index is 0.0251. The van der Waals surface area contributed by atoms with Crippen LogP contribution in [0.4, 0.5) is 0 Å². The molecular weight excluding hydrogens is 506 g/mol. The largest absolute Gasteiger partial charge is 0.487 e. The number of amides is 1. The first-order chi connectivity index (χ1) is 18.0. The Hall–Kier alpha value is -2.97. The van der Waals surface area contributed by atoms with Crippen LogP contribution >= 0.6 is 0 Å². The Balaban J connectivity index is 1.71. The van der Waals surface area contributed by atoms with Crippen LogP contribution in [0.3, 0.4) is 0 Å². The fraction of sp³-hybridized carbons (Fsp3) is 0.500. The van der Waals surface area contributed by atoms with Crippen molar-refractivity contribution in [3.63, 3.8) is 0 Å². The van der Waals surface area contributed by atoms with E-state index >= 15 is 0 Å². The Morgan fingerprint density at radius 2 is 1.95 bits per heavy atom. The van der Waals surface area contributed by atoms with Crippen molar-refractivity contribution in [2.75, 3.05) is 26.7 Å². The molecule has 2 aromatic rings. The summed E-state index contributed by atoms with van der Waals surface area (Å²) < 4.78 is 35.0. The third-order valence-electron chi connectivity index (χ3n) is 7.27. The third-order valence-corrected chi connectivity index (χ3v) is 9.28. The molecule has 1 aromatic heterocycles. The minimum Gasteiger partial charge on any atom is -0.487 e. The molecule has 10 heteroatoms. The molecule has 1 aliphatic carbocycles. The monoisotopic (exact) mass is 541 g/mol. The Bertz CT molecular complexity index is 1320. The molecule has 4 rings (SSSR count). The van der Waals surface area contributed by atoms with Gasteiger partial charge < -0.3 is 19.8 Å². The summed E-state index contributed by atoms with van der Waals surface area (Å²) in [5, 5.41) is 20.5. The summed E-state index contributed by atoms with van der Waals surface area (Å²) >= 11 is 0. The number of carbonyl (C=O) groups excluding carboxylic acids is 1. The number of carbonyl (C=O) groups is 1. The van der Waals surface area contributed by atoms with Crippen LogP contribution in [0.1, 0.15) is 55.5 Å². The Morgan fingerprint density at radius 1 is 1.26 bits per heavy atom. The molecule has 2 heterocycles. The van der Waals surface area contributed by atoms with Crippen LogP contribution in [0.25, 0.3) is 0 Å². The van der Waals surface area contributed by atoms with Gasteiger partial charge in [-0.25, -0.2) is 8.42 Å². The third kappa shape index (κ3) is 6.02. The fourth-order valence-corrected chi connectivity index (χ4v) is 6.69. The lowest BCUT2D eigenvalue weighted by atomic mass is 10.0. The van der Waals surface area contributed by atoms with Gasteiger partial charge >= 0.3 is 0 Å². The van der Waals surface area contributed by atoms with Crippen molar-refractivity contribution in [1.29, 1.82) is 0 Å². The number of hydrogen-bond donors (Lipinski definition) is 2. The topological polar surface area (TPSA) is 120 Å². The van der Waals surface area contributed by atoms with E-state index in [-0.39, 0.29) is 42.2 Å². The minimum atomic E-state index is -3.99. The van der Waals surface area contributed by atoms with Crippen LogP contribution in [0, 0.1) is 17.8 Å². The summed E-state index contributed by atoms with van der Waals surface area (Å²) in [7, 11) is -2.32. The highest BCUT2D eigenvalue weighted by atomic mass is 32.2. The number of benzene rings is 1. The number of aliphatic hydroxyl groups is 2. The summed E-state index contributed by atoms with van der Waals surface area (Å²) in [6.45, 7) is 3.50.